The topological polar surface area (TPSA) is 36.7 Å². The second-order valence-electron chi connectivity index (χ2n) is 5.47. The summed E-state index contributed by atoms with van der Waals surface area (Å²) in [6.45, 7) is 2.02. The molecule has 3 rings (SSSR count). The molecule has 1 atom stereocenters. The molecule has 0 saturated carbocycles. The van der Waals surface area contributed by atoms with E-state index < -0.39 is 0 Å². The zero-order valence-electron chi connectivity index (χ0n) is 12.2. The van der Waals surface area contributed by atoms with Crippen LogP contribution in [0.3, 0.4) is 0 Å². The highest BCUT2D eigenvalue weighted by Gasteiger charge is 2.29. The van der Waals surface area contributed by atoms with Gasteiger partial charge in [0.15, 0.2) is 0 Å². The van der Waals surface area contributed by atoms with Gasteiger partial charge in [-0.3, -0.25) is 9.69 Å². The van der Waals surface area contributed by atoms with Crippen LogP contribution in [0.25, 0.3) is 0 Å². The number of thiophene rings is 1. The van der Waals surface area contributed by atoms with Crippen molar-refractivity contribution in [1.29, 1.82) is 0 Å². The first-order valence-electron chi connectivity index (χ1n) is 7.28. The molecule has 2 aromatic rings. The SMILES string of the molecule is CN(Cc1ccco1)C(=O)CN1CCC[C@H]1c1cccs1. The largest absolute Gasteiger partial charge is 0.467 e. The number of rotatable bonds is 5. The van der Waals surface area contributed by atoms with Gasteiger partial charge in [0, 0.05) is 18.0 Å². The van der Waals surface area contributed by atoms with Crippen molar-refractivity contribution in [2.75, 3.05) is 20.1 Å². The Hall–Kier alpha value is -1.59. The van der Waals surface area contributed by atoms with Gasteiger partial charge in [-0.15, -0.1) is 11.3 Å². The second-order valence-corrected chi connectivity index (χ2v) is 6.45. The van der Waals surface area contributed by atoms with E-state index in [-0.39, 0.29) is 5.91 Å². The zero-order chi connectivity index (χ0) is 14.7. The Morgan fingerprint density at radius 1 is 1.48 bits per heavy atom. The summed E-state index contributed by atoms with van der Waals surface area (Å²) in [5.74, 6) is 0.969. The average molecular weight is 304 g/mol. The molecule has 0 spiro atoms. The molecule has 1 saturated heterocycles. The van der Waals surface area contributed by atoms with E-state index in [0.717, 1.165) is 25.1 Å². The van der Waals surface area contributed by atoms with Crippen LogP contribution in [-0.2, 0) is 11.3 Å². The summed E-state index contributed by atoms with van der Waals surface area (Å²) in [7, 11) is 1.83. The van der Waals surface area contributed by atoms with Gasteiger partial charge in [0.25, 0.3) is 0 Å². The highest BCUT2D eigenvalue weighted by molar-refractivity contribution is 7.10. The van der Waals surface area contributed by atoms with Crippen molar-refractivity contribution in [2.24, 2.45) is 0 Å². The summed E-state index contributed by atoms with van der Waals surface area (Å²) >= 11 is 1.78. The first-order chi connectivity index (χ1) is 10.2. The van der Waals surface area contributed by atoms with Crippen LogP contribution >= 0.6 is 11.3 Å². The van der Waals surface area contributed by atoms with Crippen molar-refractivity contribution >= 4 is 17.2 Å². The van der Waals surface area contributed by atoms with Crippen LogP contribution in [0.2, 0.25) is 0 Å². The van der Waals surface area contributed by atoms with Gasteiger partial charge in [-0.1, -0.05) is 6.07 Å². The maximum absolute atomic E-state index is 12.4. The van der Waals surface area contributed by atoms with Crippen molar-refractivity contribution in [1.82, 2.24) is 9.80 Å². The molecular formula is C16H20N2O2S. The van der Waals surface area contributed by atoms with E-state index in [4.69, 9.17) is 4.42 Å². The monoisotopic (exact) mass is 304 g/mol. The molecule has 1 amide bonds. The molecule has 0 aromatic carbocycles. The lowest BCUT2D eigenvalue weighted by Gasteiger charge is -2.25. The normalized spacial score (nSPS) is 19.0. The number of likely N-dealkylation sites (N-methyl/N-ethyl adjacent to an activating group) is 1. The third-order valence-electron chi connectivity index (χ3n) is 3.97. The molecule has 3 heterocycles. The molecule has 5 heteroatoms. The van der Waals surface area contributed by atoms with E-state index in [9.17, 15) is 4.79 Å². The highest BCUT2D eigenvalue weighted by Crippen LogP contribution is 2.34. The van der Waals surface area contributed by atoms with Crippen LogP contribution in [-0.4, -0.2) is 35.8 Å². The molecule has 1 aliphatic rings. The molecular weight excluding hydrogens is 284 g/mol. The molecule has 0 unspecified atom stereocenters. The summed E-state index contributed by atoms with van der Waals surface area (Å²) < 4.78 is 5.30. The molecule has 2 aromatic heterocycles. The molecule has 0 bridgehead atoms. The Bertz CT molecular complexity index is 565. The summed E-state index contributed by atoms with van der Waals surface area (Å²) in [5, 5.41) is 2.11. The van der Waals surface area contributed by atoms with Crippen LogP contribution in [0.4, 0.5) is 0 Å². The Morgan fingerprint density at radius 2 is 2.38 bits per heavy atom. The lowest BCUT2D eigenvalue weighted by molar-refractivity contribution is -0.132. The summed E-state index contributed by atoms with van der Waals surface area (Å²) in [5.41, 5.74) is 0. The smallest absolute Gasteiger partial charge is 0.236 e. The van der Waals surface area contributed by atoms with Crippen LogP contribution in [0.5, 0.6) is 0 Å². The van der Waals surface area contributed by atoms with Crippen molar-refractivity contribution in [3.63, 3.8) is 0 Å². The minimum Gasteiger partial charge on any atom is -0.467 e. The standard InChI is InChI=1S/C16H20N2O2S/c1-17(11-13-5-3-9-20-13)16(19)12-18-8-2-6-14(18)15-7-4-10-21-15/h3-5,7,9-10,14H,2,6,8,11-12H2,1H3/t14-/m0/s1. The average Bonchev–Trinajstić information content (AvgIpc) is 3.20. The van der Waals surface area contributed by atoms with E-state index in [2.05, 4.69) is 22.4 Å². The minimum atomic E-state index is 0.148. The second kappa shape index (κ2) is 6.45. The Labute approximate surface area is 129 Å². The fourth-order valence-corrected chi connectivity index (χ4v) is 3.73. The van der Waals surface area contributed by atoms with Gasteiger partial charge in [-0.05, 0) is 43.0 Å². The van der Waals surface area contributed by atoms with E-state index in [0.29, 0.717) is 19.1 Å². The third kappa shape index (κ3) is 3.36. The van der Waals surface area contributed by atoms with Crippen molar-refractivity contribution in [3.8, 4) is 0 Å². The predicted octanol–water partition coefficient (Wildman–Crippen LogP) is 3.14. The molecule has 21 heavy (non-hydrogen) atoms. The number of carbonyl (C=O) groups is 1. The molecule has 0 radical (unpaired) electrons. The number of furan rings is 1. The first-order valence-corrected chi connectivity index (χ1v) is 8.16. The van der Waals surface area contributed by atoms with Crippen LogP contribution in [0, 0.1) is 0 Å². The fourth-order valence-electron chi connectivity index (χ4n) is 2.84. The molecule has 1 fully saturated rings. The molecule has 112 valence electrons. The van der Waals surface area contributed by atoms with Crippen LogP contribution < -0.4 is 0 Å². The number of hydrogen-bond donors (Lipinski definition) is 0. The fraction of sp³-hybridized carbons (Fsp3) is 0.438. The van der Waals surface area contributed by atoms with E-state index in [1.165, 1.54) is 4.88 Å². The summed E-state index contributed by atoms with van der Waals surface area (Å²) in [6, 6.07) is 8.41. The summed E-state index contributed by atoms with van der Waals surface area (Å²) in [6.07, 6.45) is 3.95. The maximum atomic E-state index is 12.4. The molecule has 0 aliphatic carbocycles. The molecule has 0 N–H and O–H groups in total. The van der Waals surface area contributed by atoms with Gasteiger partial charge in [-0.2, -0.15) is 0 Å². The van der Waals surface area contributed by atoms with E-state index in [1.54, 1.807) is 22.5 Å². The Balaban J connectivity index is 1.58. The molecule has 4 nitrogen and oxygen atoms in total. The van der Waals surface area contributed by atoms with Gasteiger partial charge in [0.2, 0.25) is 5.91 Å². The number of amides is 1. The van der Waals surface area contributed by atoms with Crippen molar-refractivity contribution in [3.05, 3.63) is 46.5 Å². The van der Waals surface area contributed by atoms with Crippen LogP contribution in [0.15, 0.2) is 40.3 Å². The number of likely N-dealkylation sites (tertiary alicyclic amines) is 1. The predicted molar refractivity (Wildman–Crippen MR) is 83.0 cm³/mol. The van der Waals surface area contributed by atoms with Gasteiger partial charge in [-0.25, -0.2) is 0 Å². The van der Waals surface area contributed by atoms with E-state index >= 15 is 0 Å². The van der Waals surface area contributed by atoms with Gasteiger partial charge >= 0.3 is 0 Å². The van der Waals surface area contributed by atoms with Crippen molar-refractivity contribution < 1.29 is 9.21 Å². The Kier molecular flexibility index (Phi) is 4.41. The highest BCUT2D eigenvalue weighted by atomic mass is 32.1. The number of nitrogens with zero attached hydrogens (tertiary/aromatic N) is 2. The number of hydrogen-bond acceptors (Lipinski definition) is 4. The zero-order valence-corrected chi connectivity index (χ0v) is 13.0. The quantitative estimate of drug-likeness (QED) is 0.851. The van der Waals surface area contributed by atoms with Gasteiger partial charge in [0.1, 0.15) is 5.76 Å². The van der Waals surface area contributed by atoms with E-state index in [1.807, 2.05) is 19.2 Å². The van der Waals surface area contributed by atoms with Crippen LogP contribution in [0.1, 0.15) is 29.5 Å². The minimum absolute atomic E-state index is 0.148. The van der Waals surface area contributed by atoms with Crippen molar-refractivity contribution in [2.45, 2.75) is 25.4 Å². The lowest BCUT2D eigenvalue weighted by atomic mass is 10.2. The Morgan fingerprint density at radius 3 is 3.10 bits per heavy atom. The van der Waals surface area contributed by atoms with Gasteiger partial charge in [0.05, 0.1) is 19.4 Å². The lowest BCUT2D eigenvalue weighted by Crippen LogP contribution is -2.37. The maximum Gasteiger partial charge on any atom is 0.236 e. The third-order valence-corrected chi connectivity index (χ3v) is 4.95. The summed E-state index contributed by atoms with van der Waals surface area (Å²) in [4.78, 5) is 17.8. The first kappa shape index (κ1) is 14.4. The van der Waals surface area contributed by atoms with Gasteiger partial charge < -0.3 is 9.32 Å². The molecule has 1 aliphatic heterocycles. The number of carbonyl (C=O) groups excluding carboxylic acids is 1.